The Bertz CT molecular complexity index is 397. The van der Waals surface area contributed by atoms with Crippen molar-refractivity contribution in [3.05, 3.63) is 0 Å². The van der Waals surface area contributed by atoms with Crippen LogP contribution < -0.4 is 10.6 Å². The summed E-state index contributed by atoms with van der Waals surface area (Å²) in [5.41, 5.74) is -1.10. The van der Waals surface area contributed by atoms with Crippen LogP contribution in [0.1, 0.15) is 54.4 Å². The SMILES string of the molecule is CC(C)C(C)(CNC(=O)OC(C)(C)C)NC(=O)C1CCCO1. The summed E-state index contributed by atoms with van der Waals surface area (Å²) in [7, 11) is 0. The predicted octanol–water partition coefficient (Wildman–Crippen LogP) is 2.22. The lowest BCUT2D eigenvalue weighted by atomic mass is 9.88. The minimum absolute atomic E-state index is 0.111. The fraction of sp³-hybridized carbons (Fsp3) is 0.875. The van der Waals surface area contributed by atoms with Crippen LogP contribution in [0.25, 0.3) is 0 Å². The van der Waals surface area contributed by atoms with Crippen LogP contribution in [0, 0.1) is 5.92 Å². The molecule has 2 unspecified atom stereocenters. The summed E-state index contributed by atoms with van der Waals surface area (Å²) in [4.78, 5) is 24.1. The third-order valence-corrected chi connectivity index (χ3v) is 3.90. The van der Waals surface area contributed by atoms with Gasteiger partial charge in [0.05, 0.1) is 5.54 Å². The maximum atomic E-state index is 12.3. The molecule has 0 saturated carbocycles. The van der Waals surface area contributed by atoms with E-state index < -0.39 is 17.2 Å². The van der Waals surface area contributed by atoms with E-state index >= 15 is 0 Å². The molecule has 1 rings (SSSR count). The zero-order valence-electron chi connectivity index (χ0n) is 14.6. The second-order valence-corrected chi connectivity index (χ2v) is 7.42. The molecule has 1 heterocycles. The van der Waals surface area contributed by atoms with Gasteiger partial charge in [0.25, 0.3) is 0 Å². The number of carbonyl (C=O) groups excluding carboxylic acids is 2. The van der Waals surface area contributed by atoms with Crippen molar-refractivity contribution >= 4 is 12.0 Å². The fourth-order valence-corrected chi connectivity index (χ4v) is 2.11. The van der Waals surface area contributed by atoms with Crippen LogP contribution in [0.4, 0.5) is 4.79 Å². The number of hydrogen-bond acceptors (Lipinski definition) is 4. The Kier molecular flexibility index (Phi) is 6.23. The predicted molar refractivity (Wildman–Crippen MR) is 84.6 cm³/mol. The summed E-state index contributed by atoms with van der Waals surface area (Å²) in [6.45, 7) is 12.3. The maximum Gasteiger partial charge on any atom is 0.407 e. The molecule has 1 aliphatic heterocycles. The summed E-state index contributed by atoms with van der Waals surface area (Å²) in [6.07, 6.45) is 0.803. The highest BCUT2D eigenvalue weighted by Crippen LogP contribution is 2.19. The highest BCUT2D eigenvalue weighted by Gasteiger charge is 2.34. The van der Waals surface area contributed by atoms with Gasteiger partial charge in [-0.2, -0.15) is 0 Å². The first-order valence-electron chi connectivity index (χ1n) is 7.94. The first-order chi connectivity index (χ1) is 10.0. The number of hydrogen-bond donors (Lipinski definition) is 2. The van der Waals surface area contributed by atoms with Gasteiger partial charge in [0.2, 0.25) is 5.91 Å². The number of carbonyl (C=O) groups is 2. The second-order valence-electron chi connectivity index (χ2n) is 7.42. The Hall–Kier alpha value is -1.30. The third-order valence-electron chi connectivity index (χ3n) is 3.90. The van der Waals surface area contributed by atoms with E-state index in [4.69, 9.17) is 9.47 Å². The minimum atomic E-state index is -0.556. The van der Waals surface area contributed by atoms with Gasteiger partial charge < -0.3 is 20.1 Å². The Morgan fingerprint density at radius 3 is 2.36 bits per heavy atom. The van der Waals surface area contributed by atoms with Gasteiger partial charge in [-0.05, 0) is 46.5 Å². The summed E-state index contributed by atoms with van der Waals surface area (Å²) in [5.74, 6) is 0.0347. The zero-order valence-corrected chi connectivity index (χ0v) is 14.6. The van der Waals surface area contributed by atoms with E-state index in [9.17, 15) is 9.59 Å². The number of nitrogens with one attached hydrogen (secondary N) is 2. The molecule has 128 valence electrons. The highest BCUT2D eigenvalue weighted by molar-refractivity contribution is 5.81. The molecule has 1 saturated heterocycles. The van der Waals surface area contributed by atoms with Crippen molar-refractivity contribution in [2.75, 3.05) is 13.2 Å². The second kappa shape index (κ2) is 7.31. The summed E-state index contributed by atoms with van der Waals surface area (Å²) in [5, 5.41) is 5.76. The van der Waals surface area contributed by atoms with Crippen molar-refractivity contribution in [1.29, 1.82) is 0 Å². The van der Waals surface area contributed by atoms with Gasteiger partial charge in [-0.3, -0.25) is 4.79 Å². The van der Waals surface area contributed by atoms with E-state index in [0.717, 1.165) is 12.8 Å². The van der Waals surface area contributed by atoms with Gasteiger partial charge in [0, 0.05) is 13.2 Å². The smallest absolute Gasteiger partial charge is 0.407 e. The summed E-state index contributed by atoms with van der Waals surface area (Å²) >= 11 is 0. The molecule has 0 aromatic heterocycles. The molecule has 6 nitrogen and oxygen atoms in total. The average molecular weight is 314 g/mol. The first kappa shape index (κ1) is 18.7. The molecule has 0 spiro atoms. The van der Waals surface area contributed by atoms with Crippen LogP contribution in [0.15, 0.2) is 0 Å². The molecular formula is C16H30N2O4. The molecular weight excluding hydrogens is 284 g/mol. The summed E-state index contributed by atoms with van der Waals surface area (Å²) < 4.78 is 10.6. The monoisotopic (exact) mass is 314 g/mol. The van der Waals surface area contributed by atoms with Crippen LogP contribution in [0.3, 0.4) is 0 Å². The Morgan fingerprint density at radius 2 is 1.91 bits per heavy atom. The third kappa shape index (κ3) is 5.83. The van der Waals surface area contributed by atoms with Crippen molar-refractivity contribution in [3.63, 3.8) is 0 Å². The standard InChI is InChI=1S/C16H30N2O4/c1-11(2)16(6,10-17-14(20)22-15(3,4)5)18-13(19)12-8-7-9-21-12/h11-12H,7-10H2,1-6H3,(H,17,20)(H,18,19). The molecule has 2 atom stereocenters. The lowest BCUT2D eigenvalue weighted by Gasteiger charge is -2.36. The van der Waals surface area contributed by atoms with E-state index in [1.165, 1.54) is 0 Å². The Balaban J connectivity index is 2.58. The van der Waals surface area contributed by atoms with Crippen molar-refractivity contribution in [1.82, 2.24) is 10.6 Å². The number of amides is 2. The van der Waals surface area contributed by atoms with E-state index in [0.29, 0.717) is 13.2 Å². The molecule has 6 heteroatoms. The quantitative estimate of drug-likeness (QED) is 0.816. The normalized spacial score (nSPS) is 21.3. The van der Waals surface area contributed by atoms with Gasteiger partial charge >= 0.3 is 6.09 Å². The molecule has 0 aromatic rings. The number of rotatable bonds is 5. The van der Waals surface area contributed by atoms with Crippen molar-refractivity contribution in [2.45, 2.75) is 71.6 Å². The van der Waals surface area contributed by atoms with Crippen molar-refractivity contribution in [2.24, 2.45) is 5.92 Å². The zero-order chi connectivity index (χ0) is 17.0. The van der Waals surface area contributed by atoms with E-state index in [1.807, 2.05) is 41.5 Å². The topological polar surface area (TPSA) is 76.7 Å². The Labute approximate surface area is 133 Å². The molecule has 0 bridgehead atoms. The molecule has 0 radical (unpaired) electrons. The van der Waals surface area contributed by atoms with Crippen LogP contribution in [0.5, 0.6) is 0 Å². The van der Waals surface area contributed by atoms with Gasteiger partial charge in [0.15, 0.2) is 0 Å². The van der Waals surface area contributed by atoms with Crippen molar-refractivity contribution in [3.8, 4) is 0 Å². The van der Waals surface area contributed by atoms with E-state index in [-0.39, 0.29) is 17.9 Å². The molecule has 2 N–H and O–H groups in total. The minimum Gasteiger partial charge on any atom is -0.444 e. The summed E-state index contributed by atoms with van der Waals surface area (Å²) in [6, 6.07) is 0. The molecule has 22 heavy (non-hydrogen) atoms. The highest BCUT2D eigenvalue weighted by atomic mass is 16.6. The van der Waals surface area contributed by atoms with Crippen LogP contribution in [-0.2, 0) is 14.3 Å². The first-order valence-corrected chi connectivity index (χ1v) is 7.94. The van der Waals surface area contributed by atoms with Gasteiger partial charge in [-0.1, -0.05) is 13.8 Å². The average Bonchev–Trinajstić information content (AvgIpc) is 2.88. The van der Waals surface area contributed by atoms with E-state index in [1.54, 1.807) is 0 Å². The van der Waals surface area contributed by atoms with Crippen molar-refractivity contribution < 1.29 is 19.1 Å². The Morgan fingerprint density at radius 1 is 1.27 bits per heavy atom. The molecule has 0 aromatic carbocycles. The lowest BCUT2D eigenvalue weighted by Crippen LogP contribution is -2.59. The molecule has 1 fully saturated rings. The maximum absolute atomic E-state index is 12.3. The van der Waals surface area contributed by atoms with Crippen LogP contribution in [-0.4, -0.2) is 42.4 Å². The van der Waals surface area contributed by atoms with Crippen LogP contribution in [0.2, 0.25) is 0 Å². The molecule has 1 aliphatic rings. The lowest BCUT2D eigenvalue weighted by molar-refractivity contribution is -0.132. The molecule has 2 amide bonds. The van der Waals surface area contributed by atoms with Gasteiger partial charge in [-0.15, -0.1) is 0 Å². The van der Waals surface area contributed by atoms with Crippen LogP contribution >= 0.6 is 0 Å². The van der Waals surface area contributed by atoms with Gasteiger partial charge in [-0.25, -0.2) is 4.79 Å². The largest absolute Gasteiger partial charge is 0.444 e. The van der Waals surface area contributed by atoms with E-state index in [2.05, 4.69) is 10.6 Å². The molecule has 0 aliphatic carbocycles. The number of ether oxygens (including phenoxy) is 2. The number of alkyl carbamates (subject to hydrolysis) is 1. The fourth-order valence-electron chi connectivity index (χ4n) is 2.11. The van der Waals surface area contributed by atoms with Gasteiger partial charge in [0.1, 0.15) is 11.7 Å².